The minimum Gasteiger partial charge on any atom is -0.379 e. The standard InChI is InChI=1S/C16H22ClF2N/c1-16(2,3)10-4-6-12(7-5-10)20-15-13(17)8-11(18)9-14(15)19/h8-10,12,20H,4-7H2,1-3H3. The zero-order chi connectivity index (χ0) is 14.9. The predicted molar refractivity (Wildman–Crippen MR) is 80.2 cm³/mol. The second-order valence-corrected chi connectivity index (χ2v) is 7.21. The lowest BCUT2D eigenvalue weighted by molar-refractivity contribution is 0.173. The van der Waals surface area contributed by atoms with E-state index in [0.29, 0.717) is 11.3 Å². The van der Waals surface area contributed by atoms with Crippen molar-refractivity contribution in [2.24, 2.45) is 11.3 Å². The van der Waals surface area contributed by atoms with Crippen LogP contribution in [0, 0.1) is 23.0 Å². The molecular weight excluding hydrogens is 280 g/mol. The third-order valence-corrected chi connectivity index (χ3v) is 4.61. The summed E-state index contributed by atoms with van der Waals surface area (Å²) >= 11 is 5.91. The number of halogens is 3. The molecule has 0 atom stereocenters. The van der Waals surface area contributed by atoms with Crippen molar-refractivity contribution in [3.05, 3.63) is 28.8 Å². The molecule has 0 unspecified atom stereocenters. The van der Waals surface area contributed by atoms with Crippen LogP contribution in [0.15, 0.2) is 12.1 Å². The van der Waals surface area contributed by atoms with Gasteiger partial charge in [-0.1, -0.05) is 32.4 Å². The van der Waals surface area contributed by atoms with Gasteiger partial charge in [-0.3, -0.25) is 0 Å². The normalized spacial score (nSPS) is 23.7. The second kappa shape index (κ2) is 5.88. The third kappa shape index (κ3) is 3.63. The van der Waals surface area contributed by atoms with Crippen LogP contribution in [0.4, 0.5) is 14.5 Å². The van der Waals surface area contributed by atoms with Gasteiger partial charge in [0, 0.05) is 12.1 Å². The van der Waals surface area contributed by atoms with Gasteiger partial charge in [0.05, 0.1) is 10.7 Å². The molecule has 0 radical (unpaired) electrons. The molecule has 1 aliphatic carbocycles. The fourth-order valence-electron chi connectivity index (χ4n) is 2.99. The Morgan fingerprint density at radius 3 is 2.20 bits per heavy atom. The van der Waals surface area contributed by atoms with Gasteiger partial charge in [0.1, 0.15) is 5.82 Å². The Bertz CT molecular complexity index is 451. The van der Waals surface area contributed by atoms with E-state index in [2.05, 4.69) is 26.1 Å². The van der Waals surface area contributed by atoms with Crippen LogP contribution in [0.3, 0.4) is 0 Å². The highest BCUT2D eigenvalue weighted by molar-refractivity contribution is 6.33. The molecule has 20 heavy (non-hydrogen) atoms. The van der Waals surface area contributed by atoms with Crippen molar-refractivity contribution in [3.63, 3.8) is 0 Å². The van der Waals surface area contributed by atoms with E-state index >= 15 is 0 Å². The van der Waals surface area contributed by atoms with E-state index in [0.717, 1.165) is 37.8 Å². The number of rotatable bonds is 2. The lowest BCUT2D eigenvalue weighted by Crippen LogP contribution is -2.31. The van der Waals surface area contributed by atoms with Gasteiger partial charge in [0.2, 0.25) is 0 Å². The molecule has 1 fully saturated rings. The Morgan fingerprint density at radius 1 is 1.10 bits per heavy atom. The van der Waals surface area contributed by atoms with Crippen molar-refractivity contribution < 1.29 is 8.78 Å². The smallest absolute Gasteiger partial charge is 0.150 e. The molecular formula is C16H22ClF2N. The molecule has 1 aliphatic rings. The van der Waals surface area contributed by atoms with Crippen LogP contribution in [0.2, 0.25) is 5.02 Å². The molecule has 1 aromatic carbocycles. The molecule has 0 aliphatic heterocycles. The Balaban J connectivity index is 2.00. The van der Waals surface area contributed by atoms with Crippen molar-refractivity contribution in [2.45, 2.75) is 52.5 Å². The molecule has 0 saturated heterocycles. The molecule has 1 aromatic rings. The van der Waals surface area contributed by atoms with Gasteiger partial charge >= 0.3 is 0 Å². The van der Waals surface area contributed by atoms with Gasteiger partial charge in [-0.15, -0.1) is 0 Å². The molecule has 0 aromatic heterocycles. The van der Waals surface area contributed by atoms with E-state index in [9.17, 15) is 8.78 Å². The number of nitrogens with one attached hydrogen (secondary N) is 1. The number of hydrogen-bond donors (Lipinski definition) is 1. The summed E-state index contributed by atoms with van der Waals surface area (Å²) in [7, 11) is 0. The fourth-order valence-corrected chi connectivity index (χ4v) is 3.24. The molecule has 4 heteroatoms. The van der Waals surface area contributed by atoms with Crippen molar-refractivity contribution in [2.75, 3.05) is 5.32 Å². The second-order valence-electron chi connectivity index (χ2n) is 6.80. The van der Waals surface area contributed by atoms with Gasteiger partial charge in [0.25, 0.3) is 0 Å². The third-order valence-electron chi connectivity index (χ3n) is 4.31. The maximum absolute atomic E-state index is 13.7. The molecule has 112 valence electrons. The van der Waals surface area contributed by atoms with Crippen LogP contribution in [0.5, 0.6) is 0 Å². The first-order valence-corrected chi connectivity index (χ1v) is 7.56. The topological polar surface area (TPSA) is 12.0 Å². The van der Waals surface area contributed by atoms with Crippen molar-refractivity contribution in [1.29, 1.82) is 0 Å². The first-order valence-electron chi connectivity index (χ1n) is 7.18. The van der Waals surface area contributed by atoms with E-state index < -0.39 is 11.6 Å². The molecule has 0 bridgehead atoms. The van der Waals surface area contributed by atoms with E-state index in [4.69, 9.17) is 11.6 Å². The highest BCUT2D eigenvalue weighted by Gasteiger charge is 2.30. The molecule has 0 amide bonds. The first-order chi connectivity index (χ1) is 9.27. The number of benzene rings is 1. The average molecular weight is 302 g/mol. The quantitative estimate of drug-likeness (QED) is 0.746. The van der Waals surface area contributed by atoms with Crippen molar-refractivity contribution in [1.82, 2.24) is 0 Å². The van der Waals surface area contributed by atoms with Gasteiger partial charge < -0.3 is 5.32 Å². The molecule has 0 heterocycles. The van der Waals surface area contributed by atoms with Crippen molar-refractivity contribution in [3.8, 4) is 0 Å². The van der Waals surface area contributed by atoms with Gasteiger partial charge in [-0.2, -0.15) is 0 Å². The van der Waals surface area contributed by atoms with E-state index in [1.54, 1.807) is 0 Å². The fraction of sp³-hybridized carbons (Fsp3) is 0.625. The molecule has 1 nitrogen and oxygen atoms in total. The summed E-state index contributed by atoms with van der Waals surface area (Å²) < 4.78 is 26.8. The zero-order valence-corrected chi connectivity index (χ0v) is 13.0. The summed E-state index contributed by atoms with van der Waals surface area (Å²) in [5, 5.41) is 3.25. The summed E-state index contributed by atoms with van der Waals surface area (Å²) in [6.45, 7) is 6.80. The number of hydrogen-bond acceptors (Lipinski definition) is 1. The predicted octanol–water partition coefficient (Wildman–Crippen LogP) is 5.64. The minimum absolute atomic E-state index is 0.112. The molecule has 2 rings (SSSR count). The SMILES string of the molecule is CC(C)(C)C1CCC(Nc2c(F)cc(F)cc2Cl)CC1. The highest BCUT2D eigenvalue weighted by Crippen LogP contribution is 2.39. The zero-order valence-electron chi connectivity index (χ0n) is 12.3. The highest BCUT2D eigenvalue weighted by atomic mass is 35.5. The summed E-state index contributed by atoms with van der Waals surface area (Å²) in [6, 6.07) is 2.23. The van der Waals surface area contributed by atoms with Crippen LogP contribution in [0.1, 0.15) is 46.5 Å². The van der Waals surface area contributed by atoms with Gasteiger partial charge in [0.15, 0.2) is 5.82 Å². The van der Waals surface area contributed by atoms with Crippen LogP contribution in [-0.4, -0.2) is 6.04 Å². The maximum atomic E-state index is 13.7. The summed E-state index contributed by atoms with van der Waals surface area (Å²) in [5.74, 6) is -0.559. The Morgan fingerprint density at radius 2 is 1.70 bits per heavy atom. The van der Waals surface area contributed by atoms with Crippen LogP contribution >= 0.6 is 11.6 Å². The van der Waals surface area contributed by atoms with Gasteiger partial charge in [-0.25, -0.2) is 8.78 Å². The monoisotopic (exact) mass is 301 g/mol. The lowest BCUT2D eigenvalue weighted by atomic mass is 9.71. The van der Waals surface area contributed by atoms with Gasteiger partial charge in [-0.05, 0) is 43.1 Å². The summed E-state index contributed by atoms with van der Waals surface area (Å²) in [5.41, 5.74) is 0.552. The molecule has 1 N–H and O–H groups in total. The number of anilines is 1. The first kappa shape index (κ1) is 15.6. The average Bonchev–Trinajstić information content (AvgIpc) is 2.33. The lowest BCUT2D eigenvalue weighted by Gasteiger charge is -2.37. The Labute approximate surface area is 124 Å². The largest absolute Gasteiger partial charge is 0.379 e. The molecule has 0 spiro atoms. The maximum Gasteiger partial charge on any atom is 0.150 e. The van der Waals surface area contributed by atoms with Crippen LogP contribution < -0.4 is 5.32 Å². The van der Waals surface area contributed by atoms with E-state index in [1.165, 1.54) is 0 Å². The molecule has 1 saturated carbocycles. The summed E-state index contributed by atoms with van der Waals surface area (Å²) in [4.78, 5) is 0. The Hall–Kier alpha value is -0.830. The Kier molecular flexibility index (Phi) is 4.58. The summed E-state index contributed by atoms with van der Waals surface area (Å²) in [6.07, 6.45) is 4.24. The van der Waals surface area contributed by atoms with Crippen LogP contribution in [0.25, 0.3) is 0 Å². The van der Waals surface area contributed by atoms with E-state index in [-0.39, 0.29) is 16.8 Å². The van der Waals surface area contributed by atoms with E-state index in [1.807, 2.05) is 0 Å². The van der Waals surface area contributed by atoms with Crippen molar-refractivity contribution >= 4 is 17.3 Å². The minimum atomic E-state index is -0.644. The van der Waals surface area contributed by atoms with Crippen LogP contribution in [-0.2, 0) is 0 Å².